The second-order valence-electron chi connectivity index (χ2n) is 8.29. The second-order valence-corrected chi connectivity index (χ2v) is 8.73. The molecule has 0 aliphatic rings. The van der Waals surface area contributed by atoms with E-state index in [1.165, 1.54) is 16.7 Å². The van der Waals surface area contributed by atoms with Gasteiger partial charge < -0.3 is 21.1 Å². The maximum Gasteiger partial charge on any atom is 0.354 e. The number of carbonyl (C=O) groups is 2. The van der Waals surface area contributed by atoms with Gasteiger partial charge in [-0.15, -0.1) is 0 Å². The van der Waals surface area contributed by atoms with Gasteiger partial charge in [0.15, 0.2) is 11.6 Å². The molecule has 0 unspecified atom stereocenters. The zero-order chi connectivity index (χ0) is 27.1. The Morgan fingerprint density at radius 3 is 2.46 bits per heavy atom. The minimum atomic E-state index is -0.914. The van der Waals surface area contributed by atoms with Crippen LogP contribution < -0.4 is 32.5 Å². The number of hydrogen-bond donors (Lipinski definition) is 3. The molecule has 37 heavy (non-hydrogen) atoms. The van der Waals surface area contributed by atoms with Crippen molar-refractivity contribution >= 4 is 35.1 Å². The Labute approximate surface area is 216 Å². The molecule has 0 fully saturated rings. The molecule has 0 atom stereocenters. The van der Waals surface area contributed by atoms with E-state index in [1.807, 2.05) is 0 Å². The molecule has 0 aliphatic carbocycles. The van der Waals surface area contributed by atoms with Gasteiger partial charge in [-0.3, -0.25) is 14.2 Å². The Morgan fingerprint density at radius 1 is 1.14 bits per heavy atom. The van der Waals surface area contributed by atoms with Gasteiger partial charge in [0.25, 0.3) is 0 Å². The summed E-state index contributed by atoms with van der Waals surface area (Å²) in [5.74, 6) is -2.02. The molecule has 2 amide bonds. The van der Waals surface area contributed by atoms with Crippen LogP contribution >= 0.6 is 11.6 Å². The predicted octanol–water partition coefficient (Wildman–Crippen LogP) is 1.77. The van der Waals surface area contributed by atoms with E-state index in [1.54, 1.807) is 38.1 Å². The number of primary amides is 1. The van der Waals surface area contributed by atoms with E-state index in [0.717, 1.165) is 10.6 Å². The van der Waals surface area contributed by atoms with Crippen molar-refractivity contribution in [2.75, 3.05) is 11.9 Å². The third-order valence-corrected chi connectivity index (χ3v) is 5.23. The first-order valence-corrected chi connectivity index (χ1v) is 11.7. The van der Waals surface area contributed by atoms with Gasteiger partial charge in [-0.05, 0) is 43.7 Å². The third kappa shape index (κ3) is 7.64. The van der Waals surface area contributed by atoms with Crippen LogP contribution in [0, 0.1) is 5.82 Å². The molecule has 4 N–H and O–H groups in total. The van der Waals surface area contributed by atoms with Gasteiger partial charge in [0.1, 0.15) is 0 Å². The smallest absolute Gasteiger partial charge is 0.354 e. The van der Waals surface area contributed by atoms with Crippen molar-refractivity contribution in [2.24, 2.45) is 5.73 Å². The van der Waals surface area contributed by atoms with E-state index in [4.69, 9.17) is 22.1 Å². The molecule has 13 heteroatoms. The highest BCUT2D eigenvalue weighted by molar-refractivity contribution is 6.30. The fraction of sp³-hybridized carbons (Fsp3) is 0.292. The van der Waals surface area contributed by atoms with Crippen molar-refractivity contribution in [3.05, 3.63) is 79.8 Å². The number of nitrogens with one attached hydrogen (secondary N) is 2. The largest absolute Gasteiger partial charge is 0.488 e. The highest BCUT2D eigenvalue weighted by Gasteiger charge is 2.16. The number of nitrogens with zero attached hydrogens (tertiary/aromatic N) is 3. The van der Waals surface area contributed by atoms with Gasteiger partial charge in [-0.2, -0.15) is 4.98 Å². The van der Waals surface area contributed by atoms with Crippen molar-refractivity contribution < 1.29 is 18.7 Å². The Bertz CT molecular complexity index is 1400. The number of ether oxygens (including phenoxy) is 1. The van der Waals surface area contributed by atoms with Crippen LogP contribution in [0.25, 0.3) is 0 Å². The van der Waals surface area contributed by atoms with Crippen molar-refractivity contribution in [3.63, 3.8) is 0 Å². The van der Waals surface area contributed by atoms with Gasteiger partial charge in [0, 0.05) is 29.7 Å². The van der Waals surface area contributed by atoms with Crippen molar-refractivity contribution in [1.82, 2.24) is 19.4 Å². The first kappa shape index (κ1) is 27.4. The summed E-state index contributed by atoms with van der Waals surface area (Å²) in [6.07, 6.45) is -0.495. The predicted molar refractivity (Wildman–Crippen MR) is 136 cm³/mol. The van der Waals surface area contributed by atoms with Crippen molar-refractivity contribution in [3.8, 4) is 5.75 Å². The number of anilines is 2. The van der Waals surface area contributed by atoms with Crippen LogP contribution in [0.15, 0.2) is 52.1 Å². The van der Waals surface area contributed by atoms with Gasteiger partial charge in [-0.1, -0.05) is 23.7 Å². The van der Waals surface area contributed by atoms with E-state index in [-0.39, 0.29) is 49.5 Å². The summed E-state index contributed by atoms with van der Waals surface area (Å²) in [6.45, 7) is 2.87. The maximum absolute atomic E-state index is 14.5. The third-order valence-electron chi connectivity index (χ3n) is 4.98. The molecule has 196 valence electrons. The SMILES string of the molecule is CC(C)Oc1ccc(Nc2nc(=O)n(CCC(=O)NCC(N)=O)c(=O)n2Cc2ccc(Cl)cc2)cc1F. The topological polar surface area (TPSA) is 150 Å². The fourth-order valence-corrected chi connectivity index (χ4v) is 3.40. The lowest BCUT2D eigenvalue weighted by molar-refractivity contribution is -0.124. The molecule has 1 heterocycles. The monoisotopic (exact) mass is 532 g/mol. The van der Waals surface area contributed by atoms with E-state index < -0.39 is 29.0 Å². The van der Waals surface area contributed by atoms with Gasteiger partial charge in [-0.25, -0.2) is 18.5 Å². The standard InChI is InChI=1S/C24H26ClFN6O5/c1-14(2)37-19-8-7-17(11-18(19)26)29-22-30-23(35)31(10-9-21(34)28-12-20(27)33)24(36)32(22)13-15-3-5-16(25)6-4-15/h3-8,11,14H,9-10,12-13H2,1-2H3,(H2,27,33)(H,28,34)(H,29,30,35). The van der Waals surface area contributed by atoms with Crippen molar-refractivity contribution in [1.29, 1.82) is 0 Å². The van der Waals surface area contributed by atoms with E-state index in [9.17, 15) is 23.6 Å². The average Bonchev–Trinajstić information content (AvgIpc) is 2.82. The molecule has 2 aromatic carbocycles. The number of amides is 2. The fourth-order valence-electron chi connectivity index (χ4n) is 3.28. The lowest BCUT2D eigenvalue weighted by atomic mass is 10.2. The summed E-state index contributed by atoms with van der Waals surface area (Å²) in [5.41, 5.74) is 4.24. The first-order valence-electron chi connectivity index (χ1n) is 11.3. The molecular formula is C24H26ClFN6O5. The molecule has 1 aromatic heterocycles. The highest BCUT2D eigenvalue weighted by Crippen LogP contribution is 2.24. The second kappa shape index (κ2) is 12.2. The molecule has 3 rings (SSSR count). The lowest BCUT2D eigenvalue weighted by Crippen LogP contribution is -2.43. The summed E-state index contributed by atoms with van der Waals surface area (Å²) in [6, 6.07) is 10.8. The number of benzene rings is 2. The summed E-state index contributed by atoms with van der Waals surface area (Å²) in [7, 11) is 0. The van der Waals surface area contributed by atoms with Crippen LogP contribution in [0.1, 0.15) is 25.8 Å². The Morgan fingerprint density at radius 2 is 1.84 bits per heavy atom. The highest BCUT2D eigenvalue weighted by atomic mass is 35.5. The number of halogens is 2. The van der Waals surface area contributed by atoms with Crippen molar-refractivity contribution in [2.45, 2.75) is 39.5 Å². The van der Waals surface area contributed by atoms with Crippen LogP contribution in [0.3, 0.4) is 0 Å². The molecule has 0 aliphatic heterocycles. The summed E-state index contributed by atoms with van der Waals surface area (Å²) >= 11 is 5.95. The van der Waals surface area contributed by atoms with E-state index in [2.05, 4.69) is 15.6 Å². The molecular weight excluding hydrogens is 507 g/mol. The maximum atomic E-state index is 14.5. The number of hydrogen-bond acceptors (Lipinski definition) is 7. The minimum absolute atomic E-state index is 0.00346. The Kier molecular flexibility index (Phi) is 9.01. The van der Waals surface area contributed by atoms with Crippen LogP contribution in [0.2, 0.25) is 5.02 Å². The normalized spacial score (nSPS) is 10.8. The average molecular weight is 533 g/mol. The minimum Gasteiger partial charge on any atom is -0.488 e. The lowest BCUT2D eigenvalue weighted by Gasteiger charge is -2.16. The van der Waals surface area contributed by atoms with E-state index >= 15 is 0 Å². The molecule has 3 aromatic rings. The van der Waals surface area contributed by atoms with Gasteiger partial charge in [0.05, 0.1) is 19.2 Å². The molecule has 0 saturated carbocycles. The molecule has 0 saturated heterocycles. The molecule has 0 spiro atoms. The van der Waals surface area contributed by atoms with Gasteiger partial charge >= 0.3 is 11.4 Å². The zero-order valence-corrected chi connectivity index (χ0v) is 20.9. The quantitative estimate of drug-likeness (QED) is 0.340. The van der Waals surface area contributed by atoms with Gasteiger partial charge in [0.2, 0.25) is 17.8 Å². The Hall–Kier alpha value is -4.19. The zero-order valence-electron chi connectivity index (χ0n) is 20.2. The molecule has 0 radical (unpaired) electrons. The van der Waals surface area contributed by atoms with Crippen LogP contribution in [-0.4, -0.2) is 38.6 Å². The van der Waals surface area contributed by atoms with Crippen LogP contribution in [-0.2, 0) is 22.7 Å². The number of nitrogens with two attached hydrogens (primary N) is 1. The number of aromatic nitrogens is 3. The summed E-state index contributed by atoms with van der Waals surface area (Å²) in [4.78, 5) is 52.8. The molecule has 11 nitrogen and oxygen atoms in total. The number of carbonyl (C=O) groups excluding carboxylic acids is 2. The first-order chi connectivity index (χ1) is 17.5. The van der Waals surface area contributed by atoms with E-state index in [0.29, 0.717) is 10.6 Å². The molecule has 0 bridgehead atoms. The van der Waals surface area contributed by atoms with Crippen LogP contribution in [0.4, 0.5) is 16.0 Å². The van der Waals surface area contributed by atoms with Crippen LogP contribution in [0.5, 0.6) is 5.75 Å². The summed E-state index contributed by atoms with van der Waals surface area (Å²) < 4.78 is 21.9. The summed E-state index contributed by atoms with van der Waals surface area (Å²) in [5, 5.41) is 5.60. The Balaban J connectivity index is 1.95. The number of rotatable bonds is 11.